The average Bonchev–Trinajstić information content (AvgIpc) is 3.02. The lowest BCUT2D eigenvalue weighted by atomic mass is 10.0. The second-order valence-corrected chi connectivity index (χ2v) is 5.68. The van der Waals surface area contributed by atoms with Gasteiger partial charge in [-0.2, -0.15) is 8.78 Å². The van der Waals surface area contributed by atoms with E-state index in [1.54, 1.807) is 23.1 Å². The van der Waals surface area contributed by atoms with Crippen LogP contribution in [0.25, 0.3) is 6.08 Å². The number of hydrogen-bond acceptors (Lipinski definition) is 4. The molecule has 2 saturated heterocycles. The molecule has 0 N–H and O–H groups in total. The van der Waals surface area contributed by atoms with E-state index in [9.17, 15) is 13.6 Å². The van der Waals surface area contributed by atoms with Crippen LogP contribution in [0, 0.1) is 0 Å². The molecule has 2 heterocycles. The Morgan fingerprint density at radius 2 is 1.88 bits per heavy atom. The first-order valence-electron chi connectivity index (χ1n) is 7.87. The lowest BCUT2D eigenvalue weighted by Crippen LogP contribution is -2.46. The van der Waals surface area contributed by atoms with Gasteiger partial charge < -0.3 is 19.1 Å². The van der Waals surface area contributed by atoms with Crippen molar-refractivity contribution >= 4 is 12.0 Å². The zero-order chi connectivity index (χ0) is 17.0. The number of carbonyl (C=O) groups is 1. The summed E-state index contributed by atoms with van der Waals surface area (Å²) in [6, 6.07) is 6.35. The Bertz CT molecular complexity index is 604. The molecule has 2 aliphatic rings. The molecule has 130 valence electrons. The van der Waals surface area contributed by atoms with Gasteiger partial charge in [-0.15, -0.1) is 0 Å². The number of rotatable bonds is 4. The highest BCUT2D eigenvalue weighted by Gasteiger charge is 2.40. The molecular formula is C17H19F2NO4. The number of para-hydroxylation sites is 1. The fourth-order valence-corrected chi connectivity index (χ4v) is 2.94. The minimum absolute atomic E-state index is 0.0434. The van der Waals surface area contributed by atoms with Crippen molar-refractivity contribution in [3.63, 3.8) is 0 Å². The zero-order valence-corrected chi connectivity index (χ0v) is 13.1. The van der Waals surface area contributed by atoms with Crippen LogP contribution >= 0.6 is 0 Å². The molecule has 2 aliphatic heterocycles. The van der Waals surface area contributed by atoms with Crippen LogP contribution in [-0.4, -0.2) is 49.5 Å². The number of amides is 1. The Kier molecular flexibility index (Phi) is 5.11. The number of benzene rings is 1. The molecule has 1 spiro atoms. The maximum Gasteiger partial charge on any atom is 0.387 e. The molecular weight excluding hydrogens is 320 g/mol. The van der Waals surface area contributed by atoms with Gasteiger partial charge in [-0.1, -0.05) is 18.2 Å². The van der Waals surface area contributed by atoms with Crippen molar-refractivity contribution in [3.05, 3.63) is 35.9 Å². The van der Waals surface area contributed by atoms with Gasteiger partial charge in [0.1, 0.15) is 5.75 Å². The van der Waals surface area contributed by atoms with Gasteiger partial charge in [0.2, 0.25) is 5.91 Å². The molecule has 1 aromatic rings. The number of piperidine rings is 1. The molecule has 1 aromatic carbocycles. The maximum absolute atomic E-state index is 12.4. The first-order valence-corrected chi connectivity index (χ1v) is 7.87. The van der Waals surface area contributed by atoms with Gasteiger partial charge in [0.25, 0.3) is 0 Å². The second-order valence-electron chi connectivity index (χ2n) is 5.68. The monoisotopic (exact) mass is 339 g/mol. The quantitative estimate of drug-likeness (QED) is 0.792. The van der Waals surface area contributed by atoms with Gasteiger partial charge in [0, 0.05) is 37.6 Å². The van der Waals surface area contributed by atoms with Crippen molar-refractivity contribution < 1.29 is 27.8 Å². The zero-order valence-electron chi connectivity index (χ0n) is 13.1. The minimum Gasteiger partial charge on any atom is -0.434 e. The van der Waals surface area contributed by atoms with Crippen molar-refractivity contribution in [2.45, 2.75) is 25.2 Å². The van der Waals surface area contributed by atoms with E-state index in [1.807, 2.05) is 0 Å². The molecule has 2 fully saturated rings. The lowest BCUT2D eigenvalue weighted by molar-refractivity contribution is -0.186. The molecule has 3 rings (SSSR count). The summed E-state index contributed by atoms with van der Waals surface area (Å²) in [5.74, 6) is -0.658. The SMILES string of the molecule is O=C(/C=C/c1ccccc1OC(F)F)N1CCC2(CC1)OCCO2. The molecule has 0 aromatic heterocycles. The number of hydrogen-bond donors (Lipinski definition) is 0. The fourth-order valence-electron chi connectivity index (χ4n) is 2.94. The van der Waals surface area contributed by atoms with E-state index in [0.717, 1.165) is 0 Å². The summed E-state index contributed by atoms with van der Waals surface area (Å²) >= 11 is 0. The van der Waals surface area contributed by atoms with Crippen LogP contribution in [0.2, 0.25) is 0 Å². The Morgan fingerprint density at radius 3 is 2.54 bits per heavy atom. The number of halogens is 2. The van der Waals surface area contributed by atoms with Gasteiger partial charge in [-0.05, 0) is 12.1 Å². The van der Waals surface area contributed by atoms with Crippen LogP contribution < -0.4 is 4.74 Å². The van der Waals surface area contributed by atoms with Crippen LogP contribution in [0.5, 0.6) is 5.75 Å². The summed E-state index contributed by atoms with van der Waals surface area (Å²) in [6.07, 6.45) is 4.14. The molecule has 24 heavy (non-hydrogen) atoms. The van der Waals surface area contributed by atoms with Crippen LogP contribution in [0.4, 0.5) is 8.78 Å². The number of likely N-dealkylation sites (tertiary alicyclic amines) is 1. The highest BCUT2D eigenvalue weighted by molar-refractivity contribution is 5.92. The van der Waals surface area contributed by atoms with Crippen LogP contribution in [0.3, 0.4) is 0 Å². The molecule has 5 nitrogen and oxygen atoms in total. The summed E-state index contributed by atoms with van der Waals surface area (Å²) in [5.41, 5.74) is 0.432. The van der Waals surface area contributed by atoms with Crippen LogP contribution in [0.15, 0.2) is 30.3 Å². The van der Waals surface area contributed by atoms with E-state index >= 15 is 0 Å². The Balaban J connectivity index is 1.60. The average molecular weight is 339 g/mol. The van der Waals surface area contributed by atoms with Gasteiger partial charge >= 0.3 is 6.61 Å². The number of ether oxygens (including phenoxy) is 3. The second kappa shape index (κ2) is 7.27. The van der Waals surface area contributed by atoms with E-state index in [-0.39, 0.29) is 11.7 Å². The van der Waals surface area contributed by atoms with Crippen molar-refractivity contribution in [2.75, 3.05) is 26.3 Å². The topological polar surface area (TPSA) is 48.0 Å². The molecule has 7 heteroatoms. The number of alkyl halides is 2. The third-order valence-corrected chi connectivity index (χ3v) is 4.19. The minimum atomic E-state index is -2.90. The largest absolute Gasteiger partial charge is 0.434 e. The van der Waals surface area contributed by atoms with E-state index in [1.165, 1.54) is 18.2 Å². The van der Waals surface area contributed by atoms with E-state index in [4.69, 9.17) is 9.47 Å². The Labute approximate surface area is 138 Å². The first-order chi connectivity index (χ1) is 11.6. The molecule has 0 aliphatic carbocycles. The normalized spacial score (nSPS) is 20.2. The van der Waals surface area contributed by atoms with E-state index in [2.05, 4.69) is 4.74 Å². The van der Waals surface area contributed by atoms with Gasteiger partial charge in [-0.3, -0.25) is 4.79 Å². The Morgan fingerprint density at radius 1 is 1.21 bits per heavy atom. The molecule has 0 bridgehead atoms. The van der Waals surface area contributed by atoms with Crippen LogP contribution in [-0.2, 0) is 14.3 Å². The van der Waals surface area contributed by atoms with Gasteiger partial charge in [-0.25, -0.2) is 0 Å². The Hall–Kier alpha value is -1.99. The summed E-state index contributed by atoms with van der Waals surface area (Å²) in [7, 11) is 0. The summed E-state index contributed by atoms with van der Waals surface area (Å²) in [6.45, 7) is -0.639. The van der Waals surface area contributed by atoms with Crippen molar-refractivity contribution in [3.8, 4) is 5.75 Å². The van der Waals surface area contributed by atoms with Crippen molar-refractivity contribution in [1.82, 2.24) is 4.90 Å². The lowest BCUT2D eigenvalue weighted by Gasteiger charge is -2.37. The highest BCUT2D eigenvalue weighted by atomic mass is 19.3. The maximum atomic E-state index is 12.4. The predicted octanol–water partition coefficient (Wildman–Crippen LogP) is 2.67. The summed E-state index contributed by atoms with van der Waals surface area (Å²) in [4.78, 5) is 14.0. The third-order valence-electron chi connectivity index (χ3n) is 4.19. The van der Waals surface area contributed by atoms with Crippen LogP contribution in [0.1, 0.15) is 18.4 Å². The summed E-state index contributed by atoms with van der Waals surface area (Å²) < 4.78 is 40.5. The van der Waals surface area contributed by atoms with Gasteiger partial charge in [0.15, 0.2) is 5.79 Å². The number of nitrogens with zero attached hydrogens (tertiary/aromatic N) is 1. The molecule has 0 atom stereocenters. The van der Waals surface area contributed by atoms with E-state index in [0.29, 0.717) is 44.7 Å². The van der Waals surface area contributed by atoms with Gasteiger partial charge in [0.05, 0.1) is 13.2 Å². The molecule has 1 amide bonds. The predicted molar refractivity (Wildman–Crippen MR) is 82.6 cm³/mol. The summed E-state index contributed by atoms with van der Waals surface area (Å²) in [5, 5.41) is 0. The highest BCUT2D eigenvalue weighted by Crippen LogP contribution is 2.31. The molecule has 0 saturated carbocycles. The standard InChI is InChI=1S/C17H19F2NO4/c18-16(19)24-14-4-2-1-3-13(14)5-6-15(21)20-9-7-17(8-10-20)22-11-12-23-17/h1-6,16H,7-12H2/b6-5+. The van der Waals surface area contributed by atoms with Crippen molar-refractivity contribution in [1.29, 1.82) is 0 Å². The molecule has 0 radical (unpaired) electrons. The fraction of sp³-hybridized carbons (Fsp3) is 0.471. The third kappa shape index (κ3) is 3.91. The number of carbonyl (C=O) groups excluding carboxylic acids is 1. The first kappa shape index (κ1) is 16.9. The van der Waals surface area contributed by atoms with E-state index < -0.39 is 12.4 Å². The smallest absolute Gasteiger partial charge is 0.387 e. The molecule has 0 unspecified atom stereocenters. The van der Waals surface area contributed by atoms with Crippen molar-refractivity contribution in [2.24, 2.45) is 0 Å².